The average molecular weight is 498 g/mol. The predicted octanol–water partition coefficient (Wildman–Crippen LogP) is 3.23. The number of esters is 1. The zero-order valence-corrected chi connectivity index (χ0v) is 20.0. The first kappa shape index (κ1) is 23.7. The molecule has 1 aliphatic rings. The fraction of sp³-hybridized carbons (Fsp3) is 0.148. The van der Waals surface area contributed by atoms with Crippen LogP contribution in [0.25, 0.3) is 17.4 Å². The van der Waals surface area contributed by atoms with Gasteiger partial charge >= 0.3 is 5.97 Å². The Morgan fingerprint density at radius 1 is 1.16 bits per heavy atom. The second-order valence-electron chi connectivity index (χ2n) is 8.30. The summed E-state index contributed by atoms with van der Waals surface area (Å²) in [6, 6.07) is 17.9. The van der Waals surface area contributed by atoms with Gasteiger partial charge in [0, 0.05) is 12.1 Å². The zero-order chi connectivity index (χ0) is 26.1. The summed E-state index contributed by atoms with van der Waals surface area (Å²) in [6.07, 6.45) is 1.50. The fourth-order valence-corrected chi connectivity index (χ4v) is 4.40. The molecule has 0 spiro atoms. The number of aromatic amines is 1. The minimum Gasteiger partial charge on any atom is -0.463 e. The number of carbonyl (C=O) groups excluding carboxylic acids is 1. The molecule has 0 saturated heterocycles. The van der Waals surface area contributed by atoms with Crippen molar-refractivity contribution in [3.8, 4) is 11.3 Å². The molecule has 0 saturated carbocycles. The molecule has 10 heteroatoms. The van der Waals surface area contributed by atoms with E-state index in [9.17, 15) is 19.7 Å². The average Bonchev–Trinajstić information content (AvgIpc) is 3.48. The largest absolute Gasteiger partial charge is 0.463 e. The molecule has 0 aliphatic carbocycles. The Hall–Kier alpha value is -4.99. The summed E-state index contributed by atoms with van der Waals surface area (Å²) in [6.45, 7) is 3.60. The lowest BCUT2D eigenvalue weighted by molar-refractivity contribution is -0.384. The van der Waals surface area contributed by atoms with Gasteiger partial charge in [0.15, 0.2) is 0 Å². The van der Waals surface area contributed by atoms with E-state index in [1.165, 1.54) is 16.7 Å². The Morgan fingerprint density at radius 3 is 2.62 bits per heavy atom. The van der Waals surface area contributed by atoms with E-state index in [1.54, 1.807) is 44.2 Å². The van der Waals surface area contributed by atoms with Gasteiger partial charge in [-0.25, -0.2) is 9.79 Å². The standard InChI is InChI=1S/C27H22N4O6/c1-3-36-26(33)23-16(2)28-27-29-20(25(32)30(27)24(23)17-9-5-4-6-10-17)15-18-13-14-22(37-18)19-11-7-8-12-21(19)31(34)35/h4-15,24H,3H2,1-2H3,(H,28,29). The van der Waals surface area contributed by atoms with E-state index in [1.807, 2.05) is 30.3 Å². The maximum absolute atomic E-state index is 13.6. The number of fused-ring (bicyclic) bond motifs is 1. The summed E-state index contributed by atoms with van der Waals surface area (Å²) in [5.74, 6) is 0.0713. The third kappa shape index (κ3) is 4.29. The quantitative estimate of drug-likeness (QED) is 0.247. The van der Waals surface area contributed by atoms with Crippen LogP contribution in [0.3, 0.4) is 0 Å². The van der Waals surface area contributed by atoms with Crippen molar-refractivity contribution >= 4 is 17.7 Å². The van der Waals surface area contributed by atoms with Crippen LogP contribution in [0.15, 0.2) is 92.2 Å². The fourth-order valence-electron chi connectivity index (χ4n) is 4.40. The van der Waals surface area contributed by atoms with Crippen LogP contribution in [-0.2, 0) is 9.53 Å². The molecule has 1 N–H and O–H groups in total. The SMILES string of the molecule is CCOC(=O)C1=C(C)N=c2[nH]c(=Cc3ccc(-c4ccccc4[N+](=O)[O-])o3)c(=O)n2C1c1ccccc1. The summed E-state index contributed by atoms with van der Waals surface area (Å²) in [5.41, 5.74) is 1.56. The Balaban J connectivity index is 1.63. The molecule has 186 valence electrons. The number of nitrogens with zero attached hydrogens (tertiary/aromatic N) is 3. The van der Waals surface area contributed by atoms with Crippen LogP contribution < -0.4 is 16.5 Å². The third-order valence-electron chi connectivity index (χ3n) is 6.01. The topological polar surface area (TPSA) is 133 Å². The van der Waals surface area contributed by atoms with Gasteiger partial charge in [0.25, 0.3) is 11.2 Å². The van der Waals surface area contributed by atoms with Gasteiger partial charge in [-0.3, -0.25) is 19.5 Å². The molecular weight excluding hydrogens is 476 g/mol. The molecule has 0 amide bonds. The van der Waals surface area contributed by atoms with Crippen LogP contribution in [0.1, 0.15) is 31.2 Å². The number of allylic oxidation sites excluding steroid dienone is 1. The molecule has 5 rings (SSSR count). The molecule has 1 unspecified atom stereocenters. The first-order valence-electron chi connectivity index (χ1n) is 11.6. The van der Waals surface area contributed by atoms with Crippen molar-refractivity contribution in [1.29, 1.82) is 0 Å². The molecule has 10 nitrogen and oxygen atoms in total. The van der Waals surface area contributed by atoms with Gasteiger partial charge in [0.05, 0.1) is 34.4 Å². The maximum atomic E-state index is 13.6. The van der Waals surface area contributed by atoms with Gasteiger partial charge in [-0.15, -0.1) is 0 Å². The van der Waals surface area contributed by atoms with Crippen LogP contribution in [-0.4, -0.2) is 27.1 Å². The lowest BCUT2D eigenvalue weighted by Gasteiger charge is -2.24. The highest BCUT2D eigenvalue weighted by Crippen LogP contribution is 2.31. The minimum atomic E-state index is -0.738. The number of furan rings is 1. The van der Waals surface area contributed by atoms with Gasteiger partial charge in [0.1, 0.15) is 16.9 Å². The smallest absolute Gasteiger partial charge is 0.338 e. The molecule has 3 heterocycles. The molecule has 1 atom stereocenters. The first-order chi connectivity index (χ1) is 17.9. The molecular formula is C27H22N4O6. The number of H-pyrrole nitrogens is 1. The highest BCUT2D eigenvalue weighted by Gasteiger charge is 2.33. The summed E-state index contributed by atoms with van der Waals surface area (Å²) in [4.78, 5) is 44.9. The van der Waals surface area contributed by atoms with Crippen molar-refractivity contribution in [1.82, 2.24) is 9.55 Å². The van der Waals surface area contributed by atoms with Crippen molar-refractivity contribution in [3.63, 3.8) is 0 Å². The zero-order valence-electron chi connectivity index (χ0n) is 20.0. The second-order valence-corrected chi connectivity index (χ2v) is 8.30. The van der Waals surface area contributed by atoms with E-state index >= 15 is 0 Å². The Bertz CT molecular complexity index is 1730. The first-order valence-corrected chi connectivity index (χ1v) is 11.6. The van der Waals surface area contributed by atoms with Gasteiger partial charge in [-0.2, -0.15) is 0 Å². The van der Waals surface area contributed by atoms with Crippen molar-refractivity contribution in [2.45, 2.75) is 19.9 Å². The Morgan fingerprint density at radius 2 is 1.89 bits per heavy atom. The van der Waals surface area contributed by atoms with E-state index < -0.39 is 22.5 Å². The van der Waals surface area contributed by atoms with Gasteiger partial charge < -0.3 is 14.1 Å². The molecule has 4 aromatic rings. The minimum absolute atomic E-state index is 0.0867. The van der Waals surface area contributed by atoms with Gasteiger partial charge in [-0.05, 0) is 37.6 Å². The summed E-state index contributed by atoms with van der Waals surface area (Å²) < 4.78 is 12.5. The predicted molar refractivity (Wildman–Crippen MR) is 134 cm³/mol. The highest BCUT2D eigenvalue weighted by atomic mass is 16.6. The van der Waals surface area contributed by atoms with Gasteiger partial charge in [-0.1, -0.05) is 42.5 Å². The number of imidazole rings is 1. The monoisotopic (exact) mass is 498 g/mol. The summed E-state index contributed by atoms with van der Waals surface area (Å²) in [5, 5.41) is 11.6. The molecule has 2 aromatic carbocycles. The number of hydrogen-bond acceptors (Lipinski definition) is 7. The molecule has 37 heavy (non-hydrogen) atoms. The Labute approximate surface area is 210 Å². The van der Waals surface area contributed by atoms with Crippen LogP contribution >= 0.6 is 0 Å². The van der Waals surface area contributed by atoms with E-state index in [-0.39, 0.29) is 28.8 Å². The number of carbonyl (C=O) groups is 1. The number of nitro benzene ring substituents is 1. The molecule has 0 radical (unpaired) electrons. The number of nitrogens with one attached hydrogen (secondary N) is 1. The van der Waals surface area contributed by atoms with E-state index in [2.05, 4.69) is 9.98 Å². The molecule has 0 fully saturated rings. The van der Waals surface area contributed by atoms with Crippen molar-refractivity contribution in [2.24, 2.45) is 4.99 Å². The summed E-state index contributed by atoms with van der Waals surface area (Å²) in [7, 11) is 0. The van der Waals surface area contributed by atoms with E-state index in [0.29, 0.717) is 22.8 Å². The van der Waals surface area contributed by atoms with Crippen molar-refractivity contribution in [3.05, 3.63) is 121 Å². The highest BCUT2D eigenvalue weighted by molar-refractivity contribution is 5.91. The van der Waals surface area contributed by atoms with Gasteiger partial charge in [0.2, 0.25) is 5.62 Å². The number of ether oxygens (including phenoxy) is 1. The van der Waals surface area contributed by atoms with Crippen LogP contribution in [0.4, 0.5) is 5.69 Å². The number of rotatable bonds is 6. The Kier molecular flexibility index (Phi) is 6.14. The lowest BCUT2D eigenvalue weighted by atomic mass is 9.96. The summed E-state index contributed by atoms with van der Waals surface area (Å²) >= 11 is 0. The normalized spacial score (nSPS) is 15.3. The van der Waals surface area contributed by atoms with Crippen LogP contribution in [0.2, 0.25) is 0 Å². The van der Waals surface area contributed by atoms with Crippen LogP contribution in [0.5, 0.6) is 0 Å². The third-order valence-corrected chi connectivity index (χ3v) is 6.01. The number of benzene rings is 2. The number of hydrogen-bond donors (Lipinski definition) is 1. The maximum Gasteiger partial charge on any atom is 0.338 e. The second kappa shape index (κ2) is 9.57. The van der Waals surface area contributed by atoms with Crippen molar-refractivity contribution < 1.29 is 18.9 Å². The lowest BCUT2D eigenvalue weighted by Crippen LogP contribution is -2.40. The van der Waals surface area contributed by atoms with Crippen LogP contribution in [0, 0.1) is 10.1 Å². The number of aromatic nitrogens is 2. The van der Waals surface area contributed by atoms with E-state index in [0.717, 1.165) is 5.56 Å². The van der Waals surface area contributed by atoms with Crippen molar-refractivity contribution in [2.75, 3.05) is 6.61 Å². The number of para-hydroxylation sites is 1. The molecule has 0 bridgehead atoms. The molecule has 2 aromatic heterocycles. The number of nitro groups is 1. The molecule has 1 aliphatic heterocycles. The van der Waals surface area contributed by atoms with E-state index in [4.69, 9.17) is 9.15 Å².